The standard InChI is InChI=1S/C11H16N4/c1-11(2,3)7-5-4-6-8-9(7)15(13)10(12)14-8/h4-6H,13H2,1-3H3,(H2,12,14). The highest BCUT2D eigenvalue weighted by Gasteiger charge is 2.20. The van der Waals surface area contributed by atoms with Crippen molar-refractivity contribution >= 4 is 17.0 Å². The third-order valence-electron chi connectivity index (χ3n) is 2.55. The Morgan fingerprint density at radius 1 is 1.27 bits per heavy atom. The van der Waals surface area contributed by atoms with Gasteiger partial charge in [-0.1, -0.05) is 32.9 Å². The van der Waals surface area contributed by atoms with E-state index in [1.54, 1.807) is 0 Å². The Hall–Kier alpha value is -1.71. The zero-order chi connectivity index (χ0) is 11.2. The highest BCUT2D eigenvalue weighted by atomic mass is 15.4. The van der Waals surface area contributed by atoms with Crippen molar-refractivity contribution in [1.82, 2.24) is 9.66 Å². The SMILES string of the molecule is CC(C)(C)c1cccc2nc(N)n(N)c12. The van der Waals surface area contributed by atoms with Crippen molar-refractivity contribution in [2.24, 2.45) is 0 Å². The number of hydrogen-bond donors (Lipinski definition) is 2. The van der Waals surface area contributed by atoms with Crippen LogP contribution in [0.4, 0.5) is 5.95 Å². The van der Waals surface area contributed by atoms with Gasteiger partial charge in [0, 0.05) is 0 Å². The Morgan fingerprint density at radius 3 is 2.53 bits per heavy atom. The number of rotatable bonds is 0. The van der Waals surface area contributed by atoms with Crippen molar-refractivity contribution in [3.8, 4) is 0 Å². The average molecular weight is 204 g/mol. The fourth-order valence-corrected chi connectivity index (χ4v) is 1.77. The zero-order valence-corrected chi connectivity index (χ0v) is 9.28. The fraction of sp³-hybridized carbons (Fsp3) is 0.364. The minimum atomic E-state index is 0.0309. The summed E-state index contributed by atoms with van der Waals surface area (Å²) < 4.78 is 1.45. The predicted molar refractivity (Wildman–Crippen MR) is 63.0 cm³/mol. The Morgan fingerprint density at radius 2 is 1.93 bits per heavy atom. The van der Waals surface area contributed by atoms with Gasteiger partial charge in [0.15, 0.2) is 0 Å². The molecule has 1 aromatic heterocycles. The van der Waals surface area contributed by atoms with E-state index in [-0.39, 0.29) is 5.41 Å². The molecule has 4 heteroatoms. The van der Waals surface area contributed by atoms with Gasteiger partial charge in [-0.3, -0.25) is 0 Å². The van der Waals surface area contributed by atoms with Gasteiger partial charge in [-0.05, 0) is 17.0 Å². The van der Waals surface area contributed by atoms with Gasteiger partial charge in [0.1, 0.15) is 0 Å². The van der Waals surface area contributed by atoms with Crippen LogP contribution in [0, 0.1) is 0 Å². The molecule has 0 saturated carbocycles. The van der Waals surface area contributed by atoms with E-state index >= 15 is 0 Å². The van der Waals surface area contributed by atoms with Crippen LogP contribution in [0.1, 0.15) is 26.3 Å². The van der Waals surface area contributed by atoms with E-state index in [2.05, 4.69) is 31.8 Å². The molecule has 0 aliphatic carbocycles. The lowest BCUT2D eigenvalue weighted by molar-refractivity contribution is 0.593. The molecule has 0 saturated heterocycles. The molecule has 0 spiro atoms. The lowest BCUT2D eigenvalue weighted by atomic mass is 9.86. The molecule has 15 heavy (non-hydrogen) atoms. The molecule has 4 N–H and O–H groups in total. The molecule has 1 heterocycles. The molecule has 0 bridgehead atoms. The van der Waals surface area contributed by atoms with Crippen LogP contribution in [-0.4, -0.2) is 9.66 Å². The van der Waals surface area contributed by atoms with Crippen LogP contribution in [0.5, 0.6) is 0 Å². The smallest absolute Gasteiger partial charge is 0.220 e. The Kier molecular flexibility index (Phi) is 1.89. The summed E-state index contributed by atoms with van der Waals surface area (Å²) in [4.78, 5) is 4.20. The van der Waals surface area contributed by atoms with Gasteiger partial charge in [0.05, 0.1) is 11.0 Å². The molecule has 0 atom stereocenters. The summed E-state index contributed by atoms with van der Waals surface area (Å²) in [5.74, 6) is 6.21. The van der Waals surface area contributed by atoms with Crippen LogP contribution in [-0.2, 0) is 5.41 Å². The first-order valence-corrected chi connectivity index (χ1v) is 4.94. The topological polar surface area (TPSA) is 69.9 Å². The number of benzene rings is 1. The summed E-state index contributed by atoms with van der Waals surface area (Å²) in [6.07, 6.45) is 0. The molecule has 0 amide bonds. The molecule has 0 unspecified atom stereocenters. The average Bonchev–Trinajstić information content (AvgIpc) is 2.41. The Balaban J connectivity index is 2.86. The van der Waals surface area contributed by atoms with E-state index in [0.717, 1.165) is 16.6 Å². The largest absolute Gasteiger partial charge is 0.368 e. The minimum Gasteiger partial charge on any atom is -0.368 e. The number of para-hydroxylation sites is 1. The number of anilines is 1. The van der Waals surface area contributed by atoms with Crippen molar-refractivity contribution < 1.29 is 0 Å². The van der Waals surface area contributed by atoms with Crippen molar-refractivity contribution in [2.45, 2.75) is 26.2 Å². The highest BCUT2D eigenvalue weighted by molar-refractivity contribution is 5.82. The number of fused-ring (bicyclic) bond motifs is 1. The van der Waals surface area contributed by atoms with E-state index < -0.39 is 0 Å². The fourth-order valence-electron chi connectivity index (χ4n) is 1.77. The molecule has 4 nitrogen and oxygen atoms in total. The molecule has 0 aliphatic heterocycles. The van der Waals surface area contributed by atoms with E-state index in [1.807, 2.05) is 12.1 Å². The van der Waals surface area contributed by atoms with Crippen molar-refractivity contribution in [2.75, 3.05) is 11.6 Å². The number of nitrogens with zero attached hydrogens (tertiary/aromatic N) is 2. The molecule has 2 aromatic rings. The minimum absolute atomic E-state index is 0.0309. The van der Waals surface area contributed by atoms with E-state index in [1.165, 1.54) is 4.68 Å². The van der Waals surface area contributed by atoms with Crippen LogP contribution in [0.3, 0.4) is 0 Å². The number of nitrogen functional groups attached to an aromatic ring is 2. The van der Waals surface area contributed by atoms with E-state index in [9.17, 15) is 0 Å². The van der Waals surface area contributed by atoms with Crippen LogP contribution in [0.25, 0.3) is 11.0 Å². The third-order valence-corrected chi connectivity index (χ3v) is 2.55. The summed E-state index contributed by atoms with van der Waals surface area (Å²) in [7, 11) is 0. The molecule has 80 valence electrons. The Labute approximate surface area is 88.9 Å². The maximum Gasteiger partial charge on any atom is 0.220 e. The van der Waals surface area contributed by atoms with Crippen LogP contribution in [0.2, 0.25) is 0 Å². The predicted octanol–water partition coefficient (Wildman–Crippen LogP) is 1.63. The first-order valence-electron chi connectivity index (χ1n) is 4.94. The van der Waals surface area contributed by atoms with Crippen LogP contribution in [0.15, 0.2) is 18.2 Å². The van der Waals surface area contributed by atoms with Gasteiger partial charge < -0.3 is 11.6 Å². The molecular weight excluding hydrogens is 188 g/mol. The molecule has 1 aromatic carbocycles. The molecule has 2 rings (SSSR count). The second-order valence-corrected chi connectivity index (χ2v) is 4.76. The van der Waals surface area contributed by atoms with Gasteiger partial charge in [-0.25, -0.2) is 9.66 Å². The number of aromatic nitrogens is 2. The monoisotopic (exact) mass is 204 g/mol. The number of nitrogens with two attached hydrogens (primary N) is 2. The normalized spacial score (nSPS) is 12.2. The maximum absolute atomic E-state index is 5.86. The van der Waals surface area contributed by atoms with Crippen molar-refractivity contribution in [3.63, 3.8) is 0 Å². The first kappa shape index (κ1) is 9.83. The molecule has 0 aliphatic rings. The summed E-state index contributed by atoms with van der Waals surface area (Å²) in [5.41, 5.74) is 8.65. The lowest BCUT2D eigenvalue weighted by Crippen LogP contribution is -2.17. The summed E-state index contributed by atoms with van der Waals surface area (Å²) in [6.45, 7) is 6.43. The first-order chi connectivity index (χ1) is 6.91. The van der Waals surface area contributed by atoms with Gasteiger partial charge >= 0.3 is 0 Å². The summed E-state index contributed by atoms with van der Waals surface area (Å²) >= 11 is 0. The molecule has 0 radical (unpaired) electrons. The van der Waals surface area contributed by atoms with Crippen LogP contribution >= 0.6 is 0 Å². The van der Waals surface area contributed by atoms with Gasteiger partial charge in [-0.15, -0.1) is 0 Å². The number of imidazole rings is 1. The van der Waals surface area contributed by atoms with Gasteiger partial charge in [0.2, 0.25) is 5.95 Å². The molecular formula is C11H16N4. The summed E-state index contributed by atoms with van der Waals surface area (Å²) in [5, 5.41) is 0. The van der Waals surface area contributed by atoms with Crippen molar-refractivity contribution in [3.05, 3.63) is 23.8 Å². The quantitative estimate of drug-likeness (QED) is 0.641. The van der Waals surface area contributed by atoms with Gasteiger partial charge in [0.25, 0.3) is 0 Å². The molecule has 0 fully saturated rings. The summed E-state index contributed by atoms with van der Waals surface area (Å²) in [6, 6.07) is 5.96. The maximum atomic E-state index is 5.86. The zero-order valence-electron chi connectivity index (χ0n) is 9.28. The lowest BCUT2D eigenvalue weighted by Gasteiger charge is -2.20. The van der Waals surface area contributed by atoms with E-state index in [4.69, 9.17) is 11.6 Å². The van der Waals surface area contributed by atoms with Crippen molar-refractivity contribution in [1.29, 1.82) is 0 Å². The third kappa shape index (κ3) is 1.42. The highest BCUT2D eigenvalue weighted by Crippen LogP contribution is 2.29. The van der Waals surface area contributed by atoms with Gasteiger partial charge in [-0.2, -0.15) is 0 Å². The second-order valence-electron chi connectivity index (χ2n) is 4.76. The Bertz CT molecular complexity index is 505. The number of hydrogen-bond acceptors (Lipinski definition) is 3. The second kappa shape index (κ2) is 2.89. The van der Waals surface area contributed by atoms with Crippen LogP contribution < -0.4 is 11.6 Å². The van der Waals surface area contributed by atoms with E-state index in [0.29, 0.717) is 5.95 Å².